The maximum Gasteiger partial charge on any atom is 0.258 e. The van der Waals surface area contributed by atoms with Crippen molar-refractivity contribution in [2.45, 2.75) is 19.4 Å². The summed E-state index contributed by atoms with van der Waals surface area (Å²) in [6.45, 7) is 1.80. The van der Waals surface area contributed by atoms with Gasteiger partial charge >= 0.3 is 0 Å². The normalized spacial score (nSPS) is 11.3. The Morgan fingerprint density at radius 3 is 3.06 bits per heavy atom. The van der Waals surface area contributed by atoms with Crippen molar-refractivity contribution in [1.82, 2.24) is 5.32 Å². The van der Waals surface area contributed by atoms with Gasteiger partial charge in [-0.1, -0.05) is 6.07 Å². The molecule has 0 aliphatic heterocycles. The third-order valence-corrected chi connectivity index (χ3v) is 2.06. The molecule has 1 aromatic rings. The molecule has 90 valence electrons. The topological polar surface area (TPSA) is 64.3 Å². The summed E-state index contributed by atoms with van der Waals surface area (Å²) in [5.74, 6) is 2.86. The maximum atomic E-state index is 11.5. The number of rotatable bonds is 5. The number of nitrogens with two attached hydrogens (primary N) is 1. The molecule has 0 spiro atoms. The van der Waals surface area contributed by atoms with Crippen LogP contribution >= 0.6 is 0 Å². The van der Waals surface area contributed by atoms with Gasteiger partial charge in [0.2, 0.25) is 0 Å². The molecular formula is C13H16N2O2. The monoisotopic (exact) mass is 232 g/mol. The van der Waals surface area contributed by atoms with E-state index in [0.717, 1.165) is 0 Å². The van der Waals surface area contributed by atoms with Gasteiger partial charge in [0, 0.05) is 24.2 Å². The van der Waals surface area contributed by atoms with Gasteiger partial charge in [0.1, 0.15) is 5.75 Å². The Morgan fingerprint density at radius 1 is 1.65 bits per heavy atom. The molecule has 4 heteroatoms. The highest BCUT2D eigenvalue weighted by Gasteiger charge is 2.06. The second-order valence-electron chi connectivity index (χ2n) is 3.74. The summed E-state index contributed by atoms with van der Waals surface area (Å²) in [5, 5.41) is 2.73. The van der Waals surface area contributed by atoms with Crippen LogP contribution in [0.1, 0.15) is 13.3 Å². The predicted octanol–water partition coefficient (Wildman–Crippen LogP) is 1.18. The number of amides is 1. The van der Waals surface area contributed by atoms with E-state index in [1.165, 1.54) is 0 Å². The number of nitrogens with one attached hydrogen (secondary N) is 1. The van der Waals surface area contributed by atoms with Gasteiger partial charge in [-0.25, -0.2) is 0 Å². The van der Waals surface area contributed by atoms with Gasteiger partial charge in [-0.2, -0.15) is 0 Å². The highest BCUT2D eigenvalue weighted by atomic mass is 16.5. The first kappa shape index (κ1) is 12.9. The molecule has 4 nitrogen and oxygen atoms in total. The lowest BCUT2D eigenvalue weighted by Gasteiger charge is -2.11. The highest BCUT2D eigenvalue weighted by molar-refractivity contribution is 5.77. The van der Waals surface area contributed by atoms with E-state index in [9.17, 15) is 4.79 Å². The molecule has 1 aromatic carbocycles. The van der Waals surface area contributed by atoms with Crippen LogP contribution in [0.3, 0.4) is 0 Å². The standard InChI is InChI=1S/C13H16N2O2/c1-3-5-10(2)15-13(16)9-17-12-7-4-6-11(14)8-12/h1,4,6-8,10H,5,9,14H2,2H3,(H,15,16). The van der Waals surface area contributed by atoms with Crippen LogP contribution < -0.4 is 15.8 Å². The second-order valence-corrected chi connectivity index (χ2v) is 3.74. The molecule has 0 radical (unpaired) electrons. The summed E-state index contributed by atoms with van der Waals surface area (Å²) in [6.07, 6.45) is 5.64. The molecule has 3 N–H and O–H groups in total. The molecule has 0 aromatic heterocycles. The van der Waals surface area contributed by atoms with Crippen LogP contribution in [0.4, 0.5) is 5.69 Å². The minimum absolute atomic E-state index is 0.0433. The number of terminal acetylenes is 1. The van der Waals surface area contributed by atoms with E-state index in [1.807, 2.05) is 6.92 Å². The van der Waals surface area contributed by atoms with E-state index in [0.29, 0.717) is 17.9 Å². The van der Waals surface area contributed by atoms with Crippen molar-refractivity contribution >= 4 is 11.6 Å². The largest absolute Gasteiger partial charge is 0.484 e. The Labute approximate surface area is 101 Å². The van der Waals surface area contributed by atoms with Crippen molar-refractivity contribution in [3.8, 4) is 18.1 Å². The number of anilines is 1. The molecule has 0 heterocycles. The summed E-state index contributed by atoms with van der Waals surface area (Å²) in [6, 6.07) is 6.88. The van der Waals surface area contributed by atoms with Crippen LogP contribution in [0.2, 0.25) is 0 Å². The van der Waals surface area contributed by atoms with Crippen LogP contribution in [0.15, 0.2) is 24.3 Å². The van der Waals surface area contributed by atoms with Gasteiger partial charge in [0.25, 0.3) is 5.91 Å². The van der Waals surface area contributed by atoms with Crippen molar-refractivity contribution < 1.29 is 9.53 Å². The fourth-order valence-electron chi connectivity index (χ4n) is 1.30. The lowest BCUT2D eigenvalue weighted by atomic mass is 10.2. The number of ether oxygens (including phenoxy) is 1. The molecule has 17 heavy (non-hydrogen) atoms. The second kappa shape index (κ2) is 6.44. The molecule has 1 amide bonds. The SMILES string of the molecule is C#CCC(C)NC(=O)COc1cccc(N)c1. The van der Waals surface area contributed by atoms with Crippen LogP contribution in [0.5, 0.6) is 5.75 Å². The molecule has 1 atom stereocenters. The minimum Gasteiger partial charge on any atom is -0.484 e. The Bertz CT molecular complexity index is 424. The van der Waals surface area contributed by atoms with E-state index in [2.05, 4.69) is 11.2 Å². The Hall–Kier alpha value is -2.15. The lowest BCUT2D eigenvalue weighted by molar-refractivity contribution is -0.123. The van der Waals surface area contributed by atoms with E-state index >= 15 is 0 Å². The van der Waals surface area contributed by atoms with Crippen molar-refractivity contribution in [1.29, 1.82) is 0 Å². The fraction of sp³-hybridized carbons (Fsp3) is 0.308. The molecule has 0 saturated heterocycles. The third kappa shape index (κ3) is 4.94. The lowest BCUT2D eigenvalue weighted by Crippen LogP contribution is -2.35. The van der Waals surface area contributed by atoms with E-state index in [4.69, 9.17) is 16.9 Å². The minimum atomic E-state index is -0.199. The molecule has 1 unspecified atom stereocenters. The van der Waals surface area contributed by atoms with Crippen molar-refractivity contribution in [3.63, 3.8) is 0 Å². The average Bonchev–Trinajstić information content (AvgIpc) is 2.27. The predicted molar refractivity (Wildman–Crippen MR) is 67.4 cm³/mol. The fourth-order valence-corrected chi connectivity index (χ4v) is 1.30. The number of nitrogen functional groups attached to an aromatic ring is 1. The van der Waals surface area contributed by atoms with Crippen LogP contribution in [-0.2, 0) is 4.79 Å². The summed E-state index contributed by atoms with van der Waals surface area (Å²) in [5.41, 5.74) is 6.18. The van der Waals surface area contributed by atoms with Crippen LogP contribution in [0.25, 0.3) is 0 Å². The number of carbonyl (C=O) groups is 1. The van der Waals surface area contributed by atoms with E-state index < -0.39 is 0 Å². The molecule has 0 saturated carbocycles. The zero-order valence-corrected chi connectivity index (χ0v) is 9.77. The Kier molecular flexibility index (Phi) is 4.89. The smallest absolute Gasteiger partial charge is 0.258 e. The Balaban J connectivity index is 2.36. The van der Waals surface area contributed by atoms with Gasteiger partial charge in [-0.15, -0.1) is 12.3 Å². The van der Waals surface area contributed by atoms with Crippen LogP contribution in [-0.4, -0.2) is 18.6 Å². The number of hydrogen-bond acceptors (Lipinski definition) is 3. The van der Waals surface area contributed by atoms with E-state index in [-0.39, 0.29) is 18.6 Å². The summed E-state index contributed by atoms with van der Waals surface area (Å²) < 4.78 is 5.28. The number of benzene rings is 1. The van der Waals surface area contributed by atoms with Gasteiger partial charge in [-0.05, 0) is 19.1 Å². The Morgan fingerprint density at radius 2 is 2.41 bits per heavy atom. The van der Waals surface area contributed by atoms with Gasteiger partial charge in [0.15, 0.2) is 6.61 Å². The van der Waals surface area contributed by atoms with Crippen molar-refractivity contribution in [2.75, 3.05) is 12.3 Å². The summed E-state index contributed by atoms with van der Waals surface area (Å²) in [4.78, 5) is 11.5. The van der Waals surface area contributed by atoms with Crippen LogP contribution in [0, 0.1) is 12.3 Å². The van der Waals surface area contributed by atoms with Gasteiger partial charge < -0.3 is 15.8 Å². The molecule has 0 aliphatic rings. The number of hydrogen-bond donors (Lipinski definition) is 2. The number of carbonyl (C=O) groups excluding carboxylic acids is 1. The quantitative estimate of drug-likeness (QED) is 0.591. The zero-order valence-electron chi connectivity index (χ0n) is 9.77. The van der Waals surface area contributed by atoms with Crippen molar-refractivity contribution in [2.24, 2.45) is 0 Å². The third-order valence-electron chi connectivity index (χ3n) is 2.06. The van der Waals surface area contributed by atoms with Gasteiger partial charge in [0.05, 0.1) is 0 Å². The molecule has 0 fully saturated rings. The maximum absolute atomic E-state index is 11.5. The first-order chi connectivity index (χ1) is 8.11. The first-order valence-electron chi connectivity index (χ1n) is 5.33. The molecule has 0 bridgehead atoms. The summed E-state index contributed by atoms with van der Waals surface area (Å²) >= 11 is 0. The first-order valence-corrected chi connectivity index (χ1v) is 5.33. The molecule has 1 rings (SSSR count). The molecular weight excluding hydrogens is 216 g/mol. The van der Waals surface area contributed by atoms with Crippen molar-refractivity contribution in [3.05, 3.63) is 24.3 Å². The summed E-state index contributed by atoms with van der Waals surface area (Å²) in [7, 11) is 0. The van der Waals surface area contributed by atoms with Gasteiger partial charge in [-0.3, -0.25) is 4.79 Å². The zero-order chi connectivity index (χ0) is 12.7. The van der Waals surface area contributed by atoms with E-state index in [1.54, 1.807) is 24.3 Å². The average molecular weight is 232 g/mol. The molecule has 0 aliphatic carbocycles. The highest BCUT2D eigenvalue weighted by Crippen LogP contribution is 2.13.